The Bertz CT molecular complexity index is 127. The van der Waals surface area contributed by atoms with Gasteiger partial charge in [-0.1, -0.05) is 0 Å². The summed E-state index contributed by atoms with van der Waals surface area (Å²) in [5.74, 6) is 0. The van der Waals surface area contributed by atoms with Crippen LogP contribution < -0.4 is 0 Å². The molecule has 0 spiro atoms. The van der Waals surface area contributed by atoms with E-state index in [2.05, 4.69) is 0 Å². The molecule has 0 radical (unpaired) electrons. The average Bonchev–Trinajstić information content (AvgIpc) is 1.27. The van der Waals surface area contributed by atoms with Crippen LogP contribution >= 0.6 is 0 Å². The Hall–Kier alpha value is 0.540. The van der Waals surface area contributed by atoms with Gasteiger partial charge in [0.15, 0.2) is 0 Å². The van der Waals surface area contributed by atoms with Crippen LogP contribution in [0.3, 0.4) is 0 Å². The first-order chi connectivity index (χ1) is 3.41. The molecule has 0 rings (SSSR count). The molecule has 0 bridgehead atoms. The fourth-order valence-corrected chi connectivity index (χ4v) is 0. The quantitative estimate of drug-likeness (QED) is 0.254. The van der Waals surface area contributed by atoms with E-state index in [0.717, 1.165) is 3.54 Å². The van der Waals surface area contributed by atoms with Crippen LogP contribution in [0.15, 0.2) is 0 Å². The van der Waals surface area contributed by atoms with Crippen molar-refractivity contribution in [1.82, 2.24) is 0 Å². The molecule has 0 saturated heterocycles. The zero-order valence-corrected chi connectivity index (χ0v) is 6.92. The zero-order valence-electron chi connectivity index (χ0n) is 4.10. The molecule has 0 atom stereocenters. The van der Waals surface area contributed by atoms with Gasteiger partial charge in [-0.2, -0.15) is 8.42 Å². The Balaban J connectivity index is 0. The molecule has 5 nitrogen and oxygen atoms in total. The summed E-state index contributed by atoms with van der Waals surface area (Å²) in [6.45, 7) is 0. The predicted molar refractivity (Wildman–Crippen MR) is 26.7 cm³/mol. The topological polar surface area (TPSA) is 91.7 Å². The maximum absolute atomic E-state index is 8.87. The van der Waals surface area contributed by atoms with Crippen LogP contribution in [0.25, 0.3) is 0 Å². The molecule has 0 saturated carbocycles. The summed E-state index contributed by atoms with van der Waals surface area (Å²) < 4.78 is 32.5. The molecule has 0 aromatic rings. The van der Waals surface area contributed by atoms with Crippen LogP contribution in [0.1, 0.15) is 0 Å². The molecule has 2 N–H and O–H groups in total. The molecule has 7 heteroatoms. The van der Waals surface area contributed by atoms with Crippen molar-refractivity contribution in [2.24, 2.45) is 0 Å². The molecule has 8 heavy (non-hydrogen) atoms. The van der Waals surface area contributed by atoms with Gasteiger partial charge in [-0.3, -0.25) is 9.11 Å². The van der Waals surface area contributed by atoms with Crippen molar-refractivity contribution in [2.45, 2.75) is 0 Å². The fraction of sp³-hybridized carbons (Fsp3) is 0. The van der Waals surface area contributed by atoms with Crippen molar-refractivity contribution >= 4 is 41.9 Å². The first-order valence-electron chi connectivity index (χ1n) is 1.51. The summed E-state index contributed by atoms with van der Waals surface area (Å²) >= 11 is 0.688. The van der Waals surface area contributed by atoms with Gasteiger partial charge in [0, 0.05) is 0 Å². The number of rotatable bonds is 0. The molecule has 0 unspecified atom stereocenters. The second-order valence-electron chi connectivity index (χ2n) is 0.684. The van der Waals surface area contributed by atoms with Crippen molar-refractivity contribution in [3.8, 4) is 0 Å². The van der Waals surface area contributed by atoms with Crippen molar-refractivity contribution in [3.05, 3.63) is 0 Å². The predicted octanol–water partition coefficient (Wildman–Crippen LogP) is -1.31. The molecule has 0 aromatic heterocycles. The van der Waals surface area contributed by atoms with E-state index in [9.17, 15) is 0 Å². The van der Waals surface area contributed by atoms with Gasteiger partial charge in [0.1, 0.15) is 0 Å². The van der Waals surface area contributed by atoms with Gasteiger partial charge in [-0.25, -0.2) is 0 Å². The van der Waals surface area contributed by atoms with Gasteiger partial charge in [-0.05, 0) is 0 Å². The molecular weight excluding hydrogens is 147 g/mol. The third kappa shape index (κ3) is 688. The average molecular weight is 150 g/mol. The Kier molecular flexibility index (Phi) is 8.05. The van der Waals surface area contributed by atoms with Crippen LogP contribution in [-0.4, -0.2) is 49.0 Å². The van der Waals surface area contributed by atoms with Gasteiger partial charge in [-0.15, -0.1) is 0 Å². The molecule has 0 aliphatic heterocycles. The number of hydrogen-bond acceptors (Lipinski definition) is 3. The maximum atomic E-state index is 8.87. The van der Waals surface area contributed by atoms with E-state index >= 15 is 0 Å². The third-order valence-electron chi connectivity index (χ3n) is 0. The van der Waals surface area contributed by atoms with Crippen LogP contribution in [0, 0.1) is 0 Å². The molecule has 0 fully saturated rings. The summed E-state index contributed by atoms with van der Waals surface area (Å²) in [7, 11) is -4.67. The van der Waals surface area contributed by atoms with E-state index in [1.165, 1.54) is 0 Å². The molecule has 0 aliphatic rings. The van der Waals surface area contributed by atoms with E-state index in [0.29, 0.717) is 27.9 Å². The Morgan fingerprint density at radius 2 is 1.38 bits per heavy atom. The number of hydrogen-bond donors (Lipinski definition) is 2. The van der Waals surface area contributed by atoms with E-state index in [1.54, 1.807) is 0 Å². The van der Waals surface area contributed by atoms with Crippen LogP contribution in [0.2, 0.25) is 0 Å². The van der Waals surface area contributed by atoms with Gasteiger partial charge >= 0.3 is 46.7 Å². The standard InChI is InChI=1S/CHO.Na.H2O4S/c1-2;;1-5(2,3)4/h1H;;(H2,1,2,3,4). The molecule has 0 amide bonds. The molecule has 44 valence electrons. The fourth-order valence-electron chi connectivity index (χ4n) is 0. The van der Waals surface area contributed by atoms with E-state index in [4.69, 9.17) is 22.3 Å². The second kappa shape index (κ2) is 5.67. The summed E-state index contributed by atoms with van der Waals surface area (Å²) in [6, 6.07) is 0. The summed E-state index contributed by atoms with van der Waals surface area (Å²) in [5.41, 5.74) is 0. The van der Waals surface area contributed by atoms with E-state index in [1.807, 2.05) is 0 Å². The first-order valence-corrected chi connectivity index (χ1v) is 4.06. The Morgan fingerprint density at radius 1 is 1.38 bits per heavy atom. The Morgan fingerprint density at radius 3 is 1.38 bits per heavy atom. The van der Waals surface area contributed by atoms with E-state index < -0.39 is 10.4 Å². The van der Waals surface area contributed by atoms with Gasteiger partial charge in [0.2, 0.25) is 0 Å². The first kappa shape index (κ1) is 11.4. The molecule has 0 heterocycles. The van der Waals surface area contributed by atoms with Gasteiger partial charge in [0.05, 0.1) is 0 Å². The van der Waals surface area contributed by atoms with E-state index in [-0.39, 0.29) is 0 Å². The van der Waals surface area contributed by atoms with Gasteiger partial charge < -0.3 is 0 Å². The monoisotopic (exact) mass is 150 g/mol. The van der Waals surface area contributed by atoms with Crippen LogP contribution in [0.4, 0.5) is 0 Å². The number of carbonyl (C=O) groups is 1. The summed E-state index contributed by atoms with van der Waals surface area (Å²) in [5, 5.41) is 0. The summed E-state index contributed by atoms with van der Waals surface area (Å²) in [6.07, 6.45) is 0. The molecule has 0 aromatic carbocycles. The van der Waals surface area contributed by atoms with Crippen molar-refractivity contribution < 1.29 is 22.3 Å². The van der Waals surface area contributed by atoms with Gasteiger partial charge in [0.25, 0.3) is 0 Å². The minimum atomic E-state index is -4.67. The third-order valence-corrected chi connectivity index (χ3v) is 0. The zero-order chi connectivity index (χ0) is 7.21. The van der Waals surface area contributed by atoms with Crippen LogP contribution in [-0.2, 0) is 15.2 Å². The Labute approximate surface area is 64.1 Å². The number of carbonyl (C=O) groups excluding carboxylic acids is 1. The van der Waals surface area contributed by atoms with Crippen LogP contribution in [0.5, 0.6) is 0 Å². The van der Waals surface area contributed by atoms with Crippen molar-refractivity contribution in [1.29, 1.82) is 0 Å². The normalized spacial score (nSPS) is 9.00. The minimum absolute atomic E-state index is 0.688. The van der Waals surface area contributed by atoms with Crippen molar-refractivity contribution in [2.75, 3.05) is 0 Å². The summed E-state index contributed by atoms with van der Waals surface area (Å²) in [4.78, 5) is 8.87. The molecular formula is CH3NaO5S. The van der Waals surface area contributed by atoms with Crippen molar-refractivity contribution in [3.63, 3.8) is 0 Å². The molecule has 0 aliphatic carbocycles. The second-order valence-corrected chi connectivity index (χ2v) is 2.05. The SMILES string of the molecule is O=S(=O)(O)O.O=[CH][Na].